The SMILES string of the molecule is C[C@H](CC[C@@H]1CCCO1)N[C@H]1CCN2CCC[C@@H]2C1. The van der Waals surface area contributed by atoms with Crippen molar-refractivity contribution in [3.8, 4) is 0 Å². The van der Waals surface area contributed by atoms with Crippen molar-refractivity contribution in [3.63, 3.8) is 0 Å². The minimum Gasteiger partial charge on any atom is -0.378 e. The van der Waals surface area contributed by atoms with Crippen molar-refractivity contribution in [3.05, 3.63) is 0 Å². The topological polar surface area (TPSA) is 24.5 Å². The Bertz CT molecular complexity index is 278. The van der Waals surface area contributed by atoms with Gasteiger partial charge in [0.1, 0.15) is 0 Å². The van der Waals surface area contributed by atoms with Crippen LogP contribution in [0.5, 0.6) is 0 Å². The lowest BCUT2D eigenvalue weighted by atomic mass is 9.96. The number of hydrogen-bond acceptors (Lipinski definition) is 3. The molecular formula is C16H30N2O. The van der Waals surface area contributed by atoms with Gasteiger partial charge in [0.05, 0.1) is 6.10 Å². The van der Waals surface area contributed by atoms with E-state index in [4.69, 9.17) is 4.74 Å². The lowest BCUT2D eigenvalue weighted by molar-refractivity contribution is 0.0982. The van der Waals surface area contributed by atoms with Crippen molar-refractivity contribution in [2.24, 2.45) is 0 Å². The van der Waals surface area contributed by atoms with Crippen LogP contribution in [-0.4, -0.2) is 48.8 Å². The molecule has 110 valence electrons. The van der Waals surface area contributed by atoms with E-state index in [1.165, 1.54) is 64.5 Å². The van der Waals surface area contributed by atoms with Crippen molar-refractivity contribution in [1.82, 2.24) is 10.2 Å². The molecule has 0 aromatic rings. The maximum absolute atomic E-state index is 5.72. The normalized spacial score (nSPS) is 37.4. The highest BCUT2D eigenvalue weighted by molar-refractivity contribution is 4.90. The molecule has 1 N–H and O–H groups in total. The van der Waals surface area contributed by atoms with Crippen LogP contribution in [0, 0.1) is 0 Å². The Balaban J connectivity index is 1.36. The van der Waals surface area contributed by atoms with Gasteiger partial charge in [-0.1, -0.05) is 0 Å². The first kappa shape index (κ1) is 13.8. The Morgan fingerprint density at radius 3 is 3.00 bits per heavy atom. The first-order valence-corrected chi connectivity index (χ1v) is 8.43. The molecule has 3 heteroatoms. The van der Waals surface area contributed by atoms with Crippen molar-refractivity contribution in [2.45, 2.75) is 82.5 Å². The molecule has 0 unspecified atom stereocenters. The van der Waals surface area contributed by atoms with Crippen LogP contribution in [0.2, 0.25) is 0 Å². The molecule has 4 atom stereocenters. The fraction of sp³-hybridized carbons (Fsp3) is 1.00. The highest BCUT2D eigenvalue weighted by atomic mass is 16.5. The molecule has 0 saturated carbocycles. The fourth-order valence-electron chi connectivity index (χ4n) is 4.17. The second-order valence-corrected chi connectivity index (χ2v) is 6.83. The number of nitrogens with zero attached hydrogens (tertiary/aromatic N) is 1. The summed E-state index contributed by atoms with van der Waals surface area (Å²) in [6.45, 7) is 6.02. The molecule has 3 aliphatic rings. The van der Waals surface area contributed by atoms with Gasteiger partial charge in [-0.15, -0.1) is 0 Å². The summed E-state index contributed by atoms with van der Waals surface area (Å²) in [5.74, 6) is 0. The van der Waals surface area contributed by atoms with Gasteiger partial charge in [0, 0.05) is 24.7 Å². The van der Waals surface area contributed by atoms with Gasteiger partial charge in [0.25, 0.3) is 0 Å². The number of ether oxygens (including phenoxy) is 1. The molecule has 3 heterocycles. The van der Waals surface area contributed by atoms with Crippen molar-refractivity contribution in [2.75, 3.05) is 19.7 Å². The summed E-state index contributed by atoms with van der Waals surface area (Å²) >= 11 is 0. The largest absolute Gasteiger partial charge is 0.378 e. The smallest absolute Gasteiger partial charge is 0.0576 e. The third-order valence-electron chi connectivity index (χ3n) is 5.29. The second kappa shape index (κ2) is 6.55. The lowest BCUT2D eigenvalue weighted by Gasteiger charge is -2.36. The predicted molar refractivity (Wildman–Crippen MR) is 78.4 cm³/mol. The molecule has 19 heavy (non-hydrogen) atoms. The van der Waals surface area contributed by atoms with E-state index in [2.05, 4.69) is 17.1 Å². The van der Waals surface area contributed by atoms with Gasteiger partial charge < -0.3 is 15.0 Å². The van der Waals surface area contributed by atoms with Crippen LogP contribution < -0.4 is 5.32 Å². The Kier molecular flexibility index (Phi) is 4.78. The molecule has 3 saturated heterocycles. The van der Waals surface area contributed by atoms with E-state index in [0.29, 0.717) is 12.1 Å². The summed E-state index contributed by atoms with van der Waals surface area (Å²) in [5, 5.41) is 3.87. The van der Waals surface area contributed by atoms with E-state index < -0.39 is 0 Å². The van der Waals surface area contributed by atoms with Gasteiger partial charge in [-0.3, -0.25) is 0 Å². The van der Waals surface area contributed by atoms with E-state index in [9.17, 15) is 0 Å². The number of piperidine rings is 1. The van der Waals surface area contributed by atoms with Crippen molar-refractivity contribution < 1.29 is 4.74 Å². The number of rotatable bonds is 5. The third kappa shape index (κ3) is 3.71. The maximum atomic E-state index is 5.72. The molecule has 0 aromatic heterocycles. The Morgan fingerprint density at radius 2 is 2.16 bits per heavy atom. The van der Waals surface area contributed by atoms with Crippen LogP contribution in [0.15, 0.2) is 0 Å². The van der Waals surface area contributed by atoms with E-state index >= 15 is 0 Å². The van der Waals surface area contributed by atoms with Crippen LogP contribution in [0.25, 0.3) is 0 Å². The number of hydrogen-bond donors (Lipinski definition) is 1. The van der Waals surface area contributed by atoms with Crippen LogP contribution in [0.3, 0.4) is 0 Å². The molecule has 0 radical (unpaired) electrons. The monoisotopic (exact) mass is 266 g/mol. The fourth-order valence-corrected chi connectivity index (χ4v) is 4.17. The van der Waals surface area contributed by atoms with Crippen molar-refractivity contribution >= 4 is 0 Å². The van der Waals surface area contributed by atoms with Crippen LogP contribution >= 0.6 is 0 Å². The average molecular weight is 266 g/mol. The summed E-state index contributed by atoms with van der Waals surface area (Å²) < 4.78 is 5.72. The predicted octanol–water partition coefficient (Wildman–Crippen LogP) is 2.55. The van der Waals surface area contributed by atoms with Crippen LogP contribution in [-0.2, 0) is 4.74 Å². The molecule has 0 spiro atoms. The Hall–Kier alpha value is -0.120. The van der Waals surface area contributed by atoms with Crippen LogP contribution in [0.4, 0.5) is 0 Å². The summed E-state index contributed by atoms with van der Waals surface area (Å²) in [7, 11) is 0. The maximum Gasteiger partial charge on any atom is 0.0576 e. The molecule has 0 amide bonds. The first-order chi connectivity index (χ1) is 9.31. The second-order valence-electron chi connectivity index (χ2n) is 6.83. The van der Waals surface area contributed by atoms with E-state index in [1.807, 2.05) is 0 Å². The standard InChI is InChI=1S/C16H30N2O/c1-13(6-7-16-5-3-11-19-16)17-14-8-10-18-9-2-4-15(18)12-14/h13-17H,2-12H2,1H3/t13-,14+,15-,16+/m1/s1. The zero-order valence-electron chi connectivity index (χ0n) is 12.4. The number of fused-ring (bicyclic) bond motifs is 1. The van der Waals surface area contributed by atoms with Gasteiger partial charge in [-0.05, 0) is 71.4 Å². The zero-order valence-corrected chi connectivity index (χ0v) is 12.4. The molecule has 3 fully saturated rings. The van der Waals surface area contributed by atoms with E-state index in [1.54, 1.807) is 0 Å². The molecule has 0 bridgehead atoms. The summed E-state index contributed by atoms with van der Waals surface area (Å²) in [4.78, 5) is 2.70. The van der Waals surface area contributed by atoms with Gasteiger partial charge in [-0.25, -0.2) is 0 Å². The molecule has 3 rings (SSSR count). The minimum absolute atomic E-state index is 0.556. The zero-order chi connectivity index (χ0) is 13.1. The molecular weight excluding hydrogens is 236 g/mol. The Morgan fingerprint density at radius 1 is 1.21 bits per heavy atom. The molecule has 0 aliphatic carbocycles. The van der Waals surface area contributed by atoms with Gasteiger partial charge in [-0.2, -0.15) is 0 Å². The summed E-state index contributed by atoms with van der Waals surface area (Å²) in [6, 6.07) is 2.30. The first-order valence-electron chi connectivity index (χ1n) is 8.43. The average Bonchev–Trinajstić information content (AvgIpc) is 3.07. The lowest BCUT2D eigenvalue weighted by Crippen LogP contribution is -2.48. The minimum atomic E-state index is 0.556. The van der Waals surface area contributed by atoms with Gasteiger partial charge in [0.15, 0.2) is 0 Å². The highest BCUT2D eigenvalue weighted by Gasteiger charge is 2.31. The van der Waals surface area contributed by atoms with Crippen molar-refractivity contribution in [1.29, 1.82) is 0 Å². The third-order valence-corrected chi connectivity index (χ3v) is 5.29. The van der Waals surface area contributed by atoms with Gasteiger partial charge in [0.2, 0.25) is 0 Å². The number of nitrogens with one attached hydrogen (secondary N) is 1. The summed E-state index contributed by atoms with van der Waals surface area (Å²) in [5.41, 5.74) is 0. The van der Waals surface area contributed by atoms with Gasteiger partial charge >= 0.3 is 0 Å². The molecule has 0 aromatic carbocycles. The van der Waals surface area contributed by atoms with E-state index in [0.717, 1.165) is 18.7 Å². The molecule has 3 nitrogen and oxygen atoms in total. The Labute approximate surface area is 118 Å². The highest BCUT2D eigenvalue weighted by Crippen LogP contribution is 2.27. The summed E-state index contributed by atoms with van der Waals surface area (Å²) in [6.07, 6.45) is 11.2. The van der Waals surface area contributed by atoms with Crippen LogP contribution in [0.1, 0.15) is 58.3 Å². The molecule has 3 aliphatic heterocycles. The quantitative estimate of drug-likeness (QED) is 0.827. The van der Waals surface area contributed by atoms with E-state index in [-0.39, 0.29) is 0 Å².